The summed E-state index contributed by atoms with van der Waals surface area (Å²) < 4.78 is 2.84. The largest absolute Gasteiger partial charge is 0.325 e. The Balaban J connectivity index is 1.67. The van der Waals surface area contributed by atoms with Gasteiger partial charge in [0.15, 0.2) is 0 Å². The van der Waals surface area contributed by atoms with E-state index in [9.17, 15) is 4.79 Å². The molecule has 0 unspecified atom stereocenters. The number of fused-ring (bicyclic) bond motifs is 1. The lowest BCUT2D eigenvalue weighted by molar-refractivity contribution is -0.116. The maximum Gasteiger partial charge on any atom is 0.240 e. The molecule has 6 nitrogen and oxygen atoms in total. The third kappa shape index (κ3) is 3.66. The summed E-state index contributed by atoms with van der Waals surface area (Å²) in [7, 11) is 0. The second kappa shape index (κ2) is 7.60. The Kier molecular flexibility index (Phi) is 5.16. The predicted molar refractivity (Wildman–Crippen MR) is 115 cm³/mol. The van der Waals surface area contributed by atoms with E-state index in [4.69, 9.17) is 0 Å². The van der Waals surface area contributed by atoms with Gasteiger partial charge < -0.3 is 10.7 Å². The Labute approximate surface area is 176 Å². The van der Waals surface area contributed by atoms with Gasteiger partial charge in [0.2, 0.25) is 11.1 Å². The minimum Gasteiger partial charge on any atom is -0.325 e. The topological polar surface area (TPSA) is 71.8 Å². The Morgan fingerprint density at radius 2 is 1.89 bits per heavy atom. The molecule has 2 heterocycles. The minimum absolute atomic E-state index is 0.0691. The molecule has 2 aromatic carbocycles. The molecule has 1 aromatic heterocycles. The van der Waals surface area contributed by atoms with Gasteiger partial charge in [-0.05, 0) is 50.1 Å². The first kappa shape index (κ1) is 19.0. The molecule has 0 radical (unpaired) electrons. The van der Waals surface area contributed by atoms with Gasteiger partial charge in [-0.15, -0.1) is 10.2 Å². The maximum absolute atomic E-state index is 13.2. The molecule has 144 valence electrons. The van der Waals surface area contributed by atoms with Crippen molar-refractivity contribution in [2.24, 2.45) is 0 Å². The SMILES string of the molecule is Cc1ccc([C@H]2Nn3c(C)nnc3S[C@@H]2C(=O)Nc2ccc(Br)cc2C)cc1. The summed E-state index contributed by atoms with van der Waals surface area (Å²) in [5.41, 5.74) is 7.46. The van der Waals surface area contributed by atoms with E-state index in [0.717, 1.165) is 27.1 Å². The first-order valence-electron chi connectivity index (χ1n) is 8.91. The van der Waals surface area contributed by atoms with Crippen molar-refractivity contribution in [3.05, 3.63) is 69.5 Å². The lowest BCUT2D eigenvalue weighted by atomic mass is 10.0. The number of aromatic nitrogens is 3. The predicted octanol–water partition coefficient (Wildman–Crippen LogP) is 4.36. The van der Waals surface area contributed by atoms with Crippen molar-refractivity contribution >= 4 is 39.3 Å². The summed E-state index contributed by atoms with van der Waals surface area (Å²) in [6.45, 7) is 5.92. The molecular formula is C20H20BrN5OS. The number of amides is 1. The fourth-order valence-electron chi connectivity index (χ4n) is 3.16. The third-order valence-corrected chi connectivity index (χ3v) is 6.45. The van der Waals surface area contributed by atoms with Crippen molar-refractivity contribution in [3.63, 3.8) is 0 Å². The van der Waals surface area contributed by atoms with Gasteiger partial charge in [0, 0.05) is 10.2 Å². The molecule has 0 aliphatic carbocycles. The van der Waals surface area contributed by atoms with Crippen LogP contribution in [0.4, 0.5) is 5.69 Å². The van der Waals surface area contributed by atoms with Crippen molar-refractivity contribution in [1.29, 1.82) is 0 Å². The van der Waals surface area contributed by atoms with Crippen LogP contribution in [0.5, 0.6) is 0 Å². The molecule has 4 rings (SSSR count). The molecular weight excluding hydrogens is 438 g/mol. The Morgan fingerprint density at radius 3 is 2.61 bits per heavy atom. The van der Waals surface area contributed by atoms with Crippen LogP contribution in [0, 0.1) is 20.8 Å². The average molecular weight is 458 g/mol. The van der Waals surface area contributed by atoms with E-state index in [-0.39, 0.29) is 17.2 Å². The van der Waals surface area contributed by atoms with E-state index in [1.54, 1.807) is 0 Å². The summed E-state index contributed by atoms with van der Waals surface area (Å²) >= 11 is 4.89. The normalized spacial score (nSPS) is 18.3. The highest BCUT2D eigenvalue weighted by atomic mass is 79.9. The monoisotopic (exact) mass is 457 g/mol. The molecule has 0 fully saturated rings. The van der Waals surface area contributed by atoms with Gasteiger partial charge in [0.25, 0.3) is 0 Å². The molecule has 3 aromatic rings. The van der Waals surface area contributed by atoms with Gasteiger partial charge in [-0.2, -0.15) is 0 Å². The van der Waals surface area contributed by atoms with Gasteiger partial charge in [-0.25, -0.2) is 4.68 Å². The quantitative estimate of drug-likeness (QED) is 0.610. The molecule has 1 amide bonds. The summed E-state index contributed by atoms with van der Waals surface area (Å²) in [5, 5.41) is 11.7. The van der Waals surface area contributed by atoms with Crippen LogP contribution in [0.25, 0.3) is 0 Å². The highest BCUT2D eigenvalue weighted by Gasteiger charge is 2.37. The number of nitrogens with one attached hydrogen (secondary N) is 2. The highest BCUT2D eigenvalue weighted by Crippen LogP contribution is 2.37. The molecule has 0 saturated carbocycles. The lowest BCUT2D eigenvalue weighted by Crippen LogP contribution is -2.41. The van der Waals surface area contributed by atoms with Crippen LogP contribution in [0.15, 0.2) is 52.1 Å². The van der Waals surface area contributed by atoms with Crippen molar-refractivity contribution in [1.82, 2.24) is 14.9 Å². The van der Waals surface area contributed by atoms with Gasteiger partial charge in [-0.1, -0.05) is 57.5 Å². The van der Waals surface area contributed by atoms with Crippen LogP contribution in [-0.4, -0.2) is 26.0 Å². The second-order valence-electron chi connectivity index (χ2n) is 6.87. The summed E-state index contributed by atoms with van der Waals surface area (Å²) in [5.74, 6) is 0.697. The van der Waals surface area contributed by atoms with E-state index in [1.165, 1.54) is 17.3 Å². The van der Waals surface area contributed by atoms with Gasteiger partial charge >= 0.3 is 0 Å². The van der Waals surface area contributed by atoms with Crippen LogP contribution in [-0.2, 0) is 4.79 Å². The van der Waals surface area contributed by atoms with Gasteiger partial charge in [0.1, 0.15) is 11.1 Å². The van der Waals surface area contributed by atoms with E-state index in [1.807, 2.05) is 36.7 Å². The third-order valence-electron chi connectivity index (χ3n) is 4.74. The standard InChI is InChI=1S/C20H20BrN5OS/c1-11-4-6-14(7-5-11)17-18(28-20-24-23-13(3)26(20)25-17)19(27)22-16-9-8-15(21)10-12(16)2/h4-10,17-18,25H,1-3H3,(H,22,27)/t17-,18+/m1/s1. The molecule has 1 aliphatic heterocycles. The fourth-order valence-corrected chi connectivity index (χ4v) is 4.76. The Bertz CT molecular complexity index is 1030. The molecule has 0 saturated heterocycles. The summed E-state index contributed by atoms with van der Waals surface area (Å²) in [6.07, 6.45) is 0. The number of halogens is 1. The molecule has 0 spiro atoms. The smallest absolute Gasteiger partial charge is 0.240 e. The van der Waals surface area contributed by atoms with E-state index in [0.29, 0.717) is 5.16 Å². The van der Waals surface area contributed by atoms with Crippen molar-refractivity contribution in [3.8, 4) is 0 Å². The van der Waals surface area contributed by atoms with E-state index < -0.39 is 0 Å². The van der Waals surface area contributed by atoms with E-state index in [2.05, 4.69) is 68.1 Å². The number of anilines is 1. The number of hydrogen-bond donors (Lipinski definition) is 2. The number of benzene rings is 2. The van der Waals surface area contributed by atoms with Gasteiger partial charge in [0.05, 0.1) is 6.04 Å². The van der Waals surface area contributed by atoms with Gasteiger partial charge in [-0.3, -0.25) is 4.79 Å². The van der Waals surface area contributed by atoms with E-state index >= 15 is 0 Å². The highest BCUT2D eigenvalue weighted by molar-refractivity contribution is 9.10. The first-order chi connectivity index (χ1) is 13.4. The lowest BCUT2D eigenvalue weighted by Gasteiger charge is -2.33. The van der Waals surface area contributed by atoms with Crippen LogP contribution in [0.2, 0.25) is 0 Å². The number of nitrogens with zero attached hydrogens (tertiary/aromatic N) is 3. The fraction of sp³-hybridized carbons (Fsp3) is 0.250. The molecule has 0 bridgehead atoms. The molecule has 1 aliphatic rings. The van der Waals surface area contributed by atoms with Crippen LogP contribution < -0.4 is 10.7 Å². The zero-order chi connectivity index (χ0) is 19.8. The average Bonchev–Trinajstić information content (AvgIpc) is 3.04. The maximum atomic E-state index is 13.2. The summed E-state index contributed by atoms with van der Waals surface area (Å²) in [4.78, 5) is 13.2. The number of aryl methyl sites for hydroxylation is 3. The Hall–Kier alpha value is -2.32. The number of hydrogen-bond acceptors (Lipinski definition) is 5. The number of rotatable bonds is 3. The Morgan fingerprint density at radius 1 is 1.14 bits per heavy atom. The van der Waals surface area contributed by atoms with Crippen LogP contribution in [0.1, 0.15) is 28.6 Å². The number of carbonyl (C=O) groups is 1. The molecule has 28 heavy (non-hydrogen) atoms. The molecule has 2 atom stereocenters. The zero-order valence-corrected chi connectivity index (χ0v) is 18.1. The number of carbonyl (C=O) groups excluding carboxylic acids is 1. The van der Waals surface area contributed by atoms with Crippen molar-refractivity contribution in [2.45, 2.75) is 37.2 Å². The first-order valence-corrected chi connectivity index (χ1v) is 10.6. The molecule has 8 heteroatoms. The second-order valence-corrected chi connectivity index (χ2v) is 8.89. The van der Waals surface area contributed by atoms with Crippen LogP contribution >= 0.6 is 27.7 Å². The summed E-state index contributed by atoms with van der Waals surface area (Å²) in [6, 6.07) is 13.8. The number of thioether (sulfide) groups is 1. The zero-order valence-electron chi connectivity index (χ0n) is 15.7. The molecule has 2 N–H and O–H groups in total. The van der Waals surface area contributed by atoms with Crippen molar-refractivity contribution in [2.75, 3.05) is 10.7 Å². The minimum atomic E-state index is -0.387. The van der Waals surface area contributed by atoms with Crippen molar-refractivity contribution < 1.29 is 4.79 Å². The van der Waals surface area contributed by atoms with Crippen LogP contribution in [0.3, 0.4) is 0 Å².